The van der Waals surface area contributed by atoms with E-state index in [1.165, 1.54) is 23.5 Å². The maximum absolute atomic E-state index is 13.3. The molecule has 2 heterocycles. The molecule has 0 aliphatic heterocycles. The summed E-state index contributed by atoms with van der Waals surface area (Å²) in [5.74, 6) is 1.78. The molecule has 1 amide bonds. The van der Waals surface area contributed by atoms with Crippen LogP contribution in [0.25, 0.3) is 10.2 Å². The molecule has 0 spiro atoms. The first-order valence-electron chi connectivity index (χ1n) is 10.7. The summed E-state index contributed by atoms with van der Waals surface area (Å²) in [4.78, 5) is 24.9. The van der Waals surface area contributed by atoms with Crippen LogP contribution in [0.4, 0.5) is 9.52 Å². The van der Waals surface area contributed by atoms with Crippen LogP contribution < -0.4 is 14.4 Å². The molecule has 0 radical (unpaired) electrons. The summed E-state index contributed by atoms with van der Waals surface area (Å²) in [7, 11) is 3.20. The van der Waals surface area contributed by atoms with Gasteiger partial charge in [0.1, 0.15) is 27.5 Å². The zero-order chi connectivity index (χ0) is 23.9. The number of hydrogen-bond donors (Lipinski definition) is 0. The lowest BCUT2D eigenvalue weighted by atomic mass is 10.2. The highest BCUT2D eigenvalue weighted by Crippen LogP contribution is 2.40. The highest BCUT2D eigenvalue weighted by Gasteiger charge is 2.22. The zero-order valence-corrected chi connectivity index (χ0v) is 20.5. The van der Waals surface area contributed by atoms with Crippen molar-refractivity contribution in [3.63, 3.8) is 0 Å². The average Bonchev–Trinajstić information content (AvgIpc) is 3.31. The van der Waals surface area contributed by atoms with Gasteiger partial charge in [0.05, 0.1) is 20.8 Å². The lowest BCUT2D eigenvalue weighted by molar-refractivity contribution is -0.118. The van der Waals surface area contributed by atoms with Crippen LogP contribution in [0.5, 0.6) is 11.5 Å². The number of benzene rings is 2. The standard InChI is InChI=1S/C25H24FN3O3S2/c1-31-20-11-12-21(32-2)24-23(20)28-25(34-24)29(16-17-5-3-13-27-15-17)22(30)6-4-14-33-19-9-7-18(26)8-10-19/h3,5,7-13,15H,4,6,14,16H2,1-2H3. The van der Waals surface area contributed by atoms with E-state index in [9.17, 15) is 9.18 Å². The number of amides is 1. The van der Waals surface area contributed by atoms with Crippen LogP contribution >= 0.6 is 23.1 Å². The van der Waals surface area contributed by atoms with E-state index in [0.29, 0.717) is 41.5 Å². The van der Waals surface area contributed by atoms with Gasteiger partial charge in [0.25, 0.3) is 0 Å². The molecule has 0 saturated heterocycles. The first kappa shape index (κ1) is 24.0. The minimum absolute atomic E-state index is 0.0273. The summed E-state index contributed by atoms with van der Waals surface area (Å²) in [6.45, 7) is 0.363. The van der Waals surface area contributed by atoms with Gasteiger partial charge < -0.3 is 9.47 Å². The van der Waals surface area contributed by atoms with E-state index in [2.05, 4.69) is 4.98 Å². The van der Waals surface area contributed by atoms with Crippen molar-refractivity contribution in [1.29, 1.82) is 0 Å². The van der Waals surface area contributed by atoms with Crippen LogP contribution in [0.15, 0.2) is 65.8 Å². The largest absolute Gasteiger partial charge is 0.495 e. The Morgan fingerprint density at radius 3 is 2.56 bits per heavy atom. The highest BCUT2D eigenvalue weighted by atomic mass is 32.2. The molecule has 0 unspecified atom stereocenters. The summed E-state index contributed by atoms with van der Waals surface area (Å²) in [5, 5.41) is 0.581. The molecule has 2 aromatic heterocycles. The van der Waals surface area contributed by atoms with Gasteiger partial charge in [-0.25, -0.2) is 9.37 Å². The molecule has 0 fully saturated rings. The molecular formula is C25H24FN3O3S2. The third kappa shape index (κ3) is 5.66. The molecule has 6 nitrogen and oxygen atoms in total. The van der Waals surface area contributed by atoms with Gasteiger partial charge in [0.15, 0.2) is 5.13 Å². The quantitative estimate of drug-likeness (QED) is 0.199. The zero-order valence-electron chi connectivity index (χ0n) is 18.9. The summed E-state index contributed by atoms with van der Waals surface area (Å²) in [6.07, 6.45) is 4.50. The van der Waals surface area contributed by atoms with Crippen LogP contribution in [0.2, 0.25) is 0 Å². The van der Waals surface area contributed by atoms with Crippen molar-refractivity contribution >= 4 is 44.4 Å². The van der Waals surface area contributed by atoms with Gasteiger partial charge in [-0.2, -0.15) is 0 Å². The van der Waals surface area contributed by atoms with Crippen molar-refractivity contribution in [3.05, 3.63) is 72.3 Å². The number of fused-ring (bicyclic) bond motifs is 1. The summed E-state index contributed by atoms with van der Waals surface area (Å²) >= 11 is 3.00. The van der Waals surface area contributed by atoms with Gasteiger partial charge in [-0.1, -0.05) is 17.4 Å². The van der Waals surface area contributed by atoms with Crippen LogP contribution in [0.1, 0.15) is 18.4 Å². The predicted octanol–water partition coefficient (Wildman–Crippen LogP) is 5.95. The molecule has 176 valence electrons. The van der Waals surface area contributed by atoms with Gasteiger partial charge >= 0.3 is 0 Å². The van der Waals surface area contributed by atoms with E-state index in [1.807, 2.05) is 24.3 Å². The second-order valence-corrected chi connectivity index (χ2v) is 9.54. The Kier molecular flexibility index (Phi) is 7.97. The normalized spacial score (nSPS) is 10.9. The van der Waals surface area contributed by atoms with Crippen molar-refractivity contribution in [2.75, 3.05) is 24.9 Å². The SMILES string of the molecule is COc1ccc(OC)c2sc(N(Cc3cccnc3)C(=O)CCCSc3ccc(F)cc3)nc12. The molecule has 2 aromatic carbocycles. The van der Waals surface area contributed by atoms with Crippen LogP contribution in [0.3, 0.4) is 0 Å². The second kappa shape index (κ2) is 11.3. The van der Waals surface area contributed by atoms with E-state index in [0.717, 1.165) is 20.9 Å². The number of carbonyl (C=O) groups is 1. The summed E-state index contributed by atoms with van der Waals surface area (Å²) in [5.41, 5.74) is 1.58. The number of halogens is 1. The number of anilines is 1. The Bertz CT molecular complexity index is 1210. The van der Waals surface area contributed by atoms with E-state index in [-0.39, 0.29) is 11.7 Å². The van der Waals surface area contributed by atoms with E-state index in [4.69, 9.17) is 14.5 Å². The Balaban J connectivity index is 1.54. The molecule has 0 saturated carbocycles. The Morgan fingerprint density at radius 2 is 1.85 bits per heavy atom. The number of methoxy groups -OCH3 is 2. The van der Waals surface area contributed by atoms with Gasteiger partial charge in [-0.15, -0.1) is 11.8 Å². The Hall–Kier alpha value is -3.17. The van der Waals surface area contributed by atoms with Crippen molar-refractivity contribution in [3.8, 4) is 11.5 Å². The lowest BCUT2D eigenvalue weighted by Crippen LogP contribution is -2.30. The third-order valence-corrected chi connectivity index (χ3v) is 7.30. The molecule has 0 atom stereocenters. The molecule has 0 aliphatic carbocycles. The summed E-state index contributed by atoms with van der Waals surface area (Å²) < 4.78 is 24.9. The van der Waals surface area contributed by atoms with Crippen molar-refractivity contribution in [1.82, 2.24) is 9.97 Å². The molecule has 4 aromatic rings. The smallest absolute Gasteiger partial charge is 0.229 e. The number of carbonyl (C=O) groups excluding carboxylic acids is 1. The number of aromatic nitrogens is 2. The number of thioether (sulfide) groups is 1. The molecule has 0 N–H and O–H groups in total. The van der Waals surface area contributed by atoms with Gasteiger partial charge in [0, 0.05) is 23.7 Å². The molecule has 4 rings (SSSR count). The topological polar surface area (TPSA) is 64.6 Å². The van der Waals surface area contributed by atoms with E-state index >= 15 is 0 Å². The Labute approximate surface area is 205 Å². The predicted molar refractivity (Wildman–Crippen MR) is 135 cm³/mol. The number of pyridine rings is 1. The molecule has 34 heavy (non-hydrogen) atoms. The monoisotopic (exact) mass is 497 g/mol. The maximum Gasteiger partial charge on any atom is 0.229 e. The van der Waals surface area contributed by atoms with Gasteiger partial charge in [-0.05, 0) is 60.2 Å². The van der Waals surface area contributed by atoms with Crippen molar-refractivity contribution in [2.45, 2.75) is 24.3 Å². The third-order valence-electron chi connectivity index (χ3n) is 5.11. The number of nitrogens with zero attached hydrogens (tertiary/aromatic N) is 3. The number of thiazole rings is 1. The Morgan fingerprint density at radius 1 is 1.09 bits per heavy atom. The van der Waals surface area contributed by atoms with Crippen molar-refractivity contribution in [2.24, 2.45) is 0 Å². The number of ether oxygens (including phenoxy) is 2. The minimum Gasteiger partial charge on any atom is -0.495 e. The fourth-order valence-electron chi connectivity index (χ4n) is 3.41. The fourth-order valence-corrected chi connectivity index (χ4v) is 5.35. The molecule has 0 aliphatic rings. The first-order valence-corrected chi connectivity index (χ1v) is 12.5. The number of hydrogen-bond acceptors (Lipinski definition) is 7. The molecular weight excluding hydrogens is 473 g/mol. The second-order valence-electron chi connectivity index (χ2n) is 7.39. The van der Waals surface area contributed by atoms with E-state index in [1.54, 1.807) is 55.4 Å². The lowest BCUT2D eigenvalue weighted by Gasteiger charge is -2.20. The van der Waals surface area contributed by atoms with Crippen LogP contribution in [-0.4, -0.2) is 35.8 Å². The molecule has 9 heteroatoms. The maximum atomic E-state index is 13.3. The van der Waals surface area contributed by atoms with Crippen LogP contribution in [0, 0.1) is 5.82 Å². The van der Waals surface area contributed by atoms with Crippen LogP contribution in [-0.2, 0) is 11.3 Å². The minimum atomic E-state index is -0.255. The first-order chi connectivity index (χ1) is 16.6. The average molecular weight is 498 g/mol. The van der Waals surface area contributed by atoms with Gasteiger partial charge in [-0.3, -0.25) is 14.7 Å². The number of rotatable bonds is 10. The van der Waals surface area contributed by atoms with Gasteiger partial charge in [0.2, 0.25) is 5.91 Å². The summed E-state index contributed by atoms with van der Waals surface area (Å²) in [6, 6.07) is 13.8. The highest BCUT2D eigenvalue weighted by molar-refractivity contribution is 7.99. The van der Waals surface area contributed by atoms with Crippen molar-refractivity contribution < 1.29 is 18.7 Å². The molecule has 0 bridgehead atoms. The fraction of sp³-hybridized carbons (Fsp3) is 0.240. The van der Waals surface area contributed by atoms with E-state index < -0.39 is 0 Å².